The molecule has 2 aromatic carbocycles. The smallest absolute Gasteiger partial charge is 0.231 e. The molecule has 4 rings (SSSR count). The van der Waals surface area contributed by atoms with Gasteiger partial charge in [0, 0.05) is 17.7 Å². The molecule has 2 N–H and O–H groups in total. The van der Waals surface area contributed by atoms with Crippen LogP contribution in [0.1, 0.15) is 12.7 Å². The zero-order chi connectivity index (χ0) is 20.1. The van der Waals surface area contributed by atoms with Crippen molar-refractivity contribution in [1.82, 2.24) is 15.1 Å². The molecule has 2 heterocycles. The third-order valence-electron chi connectivity index (χ3n) is 4.11. The van der Waals surface area contributed by atoms with E-state index in [-0.39, 0.29) is 0 Å². The molecule has 0 atom stereocenters. The Morgan fingerprint density at radius 2 is 1.69 bits per heavy atom. The first-order valence-electron chi connectivity index (χ1n) is 9.35. The predicted octanol–water partition coefficient (Wildman–Crippen LogP) is 5.33. The van der Waals surface area contributed by atoms with E-state index in [4.69, 9.17) is 9.26 Å². The van der Waals surface area contributed by atoms with Crippen molar-refractivity contribution in [2.24, 2.45) is 0 Å². The first kappa shape index (κ1) is 18.5. The Hall–Kier alpha value is -3.87. The first-order valence-corrected chi connectivity index (χ1v) is 9.35. The molecule has 0 aliphatic rings. The maximum absolute atomic E-state index is 5.71. The van der Waals surface area contributed by atoms with E-state index < -0.39 is 0 Å². The Kier molecular flexibility index (Phi) is 5.38. The minimum atomic E-state index is 0.413. The van der Waals surface area contributed by atoms with Gasteiger partial charge in [-0.3, -0.25) is 0 Å². The molecule has 0 aliphatic heterocycles. The molecule has 0 saturated carbocycles. The van der Waals surface area contributed by atoms with Gasteiger partial charge >= 0.3 is 0 Å². The second-order valence-electron chi connectivity index (χ2n) is 6.33. The van der Waals surface area contributed by atoms with Gasteiger partial charge in [-0.05, 0) is 26.0 Å². The van der Waals surface area contributed by atoms with E-state index in [0.717, 1.165) is 22.7 Å². The van der Waals surface area contributed by atoms with Crippen LogP contribution in [0.5, 0.6) is 5.75 Å². The van der Waals surface area contributed by atoms with Gasteiger partial charge in [0.1, 0.15) is 17.3 Å². The van der Waals surface area contributed by atoms with Crippen molar-refractivity contribution in [2.45, 2.75) is 13.8 Å². The van der Waals surface area contributed by atoms with E-state index in [0.29, 0.717) is 30.0 Å². The van der Waals surface area contributed by atoms with E-state index >= 15 is 0 Å². The summed E-state index contributed by atoms with van der Waals surface area (Å²) >= 11 is 0. The number of anilines is 4. The van der Waals surface area contributed by atoms with Crippen LogP contribution in [0.3, 0.4) is 0 Å². The van der Waals surface area contributed by atoms with Gasteiger partial charge in [0.05, 0.1) is 18.0 Å². The zero-order valence-corrected chi connectivity index (χ0v) is 16.2. The lowest BCUT2D eigenvalue weighted by Gasteiger charge is -2.13. The predicted molar refractivity (Wildman–Crippen MR) is 113 cm³/mol. The van der Waals surface area contributed by atoms with Gasteiger partial charge in [0.2, 0.25) is 5.95 Å². The van der Waals surface area contributed by atoms with Crippen LogP contribution in [-0.4, -0.2) is 21.7 Å². The number of nitrogens with zero attached hydrogens (tertiary/aromatic N) is 3. The second-order valence-corrected chi connectivity index (χ2v) is 6.33. The molecule has 7 heteroatoms. The number of aromatic nitrogens is 3. The number of hydrogen-bond acceptors (Lipinski definition) is 7. The third-order valence-corrected chi connectivity index (χ3v) is 4.11. The molecule has 0 fully saturated rings. The van der Waals surface area contributed by atoms with Crippen molar-refractivity contribution in [1.29, 1.82) is 0 Å². The Balaban J connectivity index is 1.71. The summed E-state index contributed by atoms with van der Waals surface area (Å²) in [4.78, 5) is 9.22. The molecular weight excluding hydrogens is 366 g/mol. The molecule has 0 saturated heterocycles. The number of nitrogens with one attached hydrogen (secondary N) is 2. The Labute approximate surface area is 168 Å². The van der Waals surface area contributed by atoms with Crippen LogP contribution in [0.25, 0.3) is 11.3 Å². The highest BCUT2D eigenvalue weighted by molar-refractivity contribution is 5.70. The minimum absolute atomic E-state index is 0.413. The zero-order valence-electron chi connectivity index (χ0n) is 16.2. The van der Waals surface area contributed by atoms with Gasteiger partial charge in [0.15, 0.2) is 5.82 Å². The van der Waals surface area contributed by atoms with Crippen LogP contribution in [-0.2, 0) is 0 Å². The van der Waals surface area contributed by atoms with Crippen molar-refractivity contribution >= 4 is 23.3 Å². The van der Waals surface area contributed by atoms with Gasteiger partial charge in [-0.25, -0.2) is 4.98 Å². The maximum atomic E-state index is 5.71. The minimum Gasteiger partial charge on any atom is -0.492 e. The fourth-order valence-electron chi connectivity index (χ4n) is 2.85. The van der Waals surface area contributed by atoms with Gasteiger partial charge in [-0.15, -0.1) is 0 Å². The molecule has 4 aromatic rings. The molecule has 146 valence electrons. The monoisotopic (exact) mass is 387 g/mol. The topological polar surface area (TPSA) is 85.1 Å². The molecule has 0 unspecified atom stereocenters. The van der Waals surface area contributed by atoms with Gasteiger partial charge in [-0.1, -0.05) is 47.6 Å². The first-order chi connectivity index (χ1) is 14.2. The molecule has 0 radical (unpaired) electrons. The molecule has 29 heavy (non-hydrogen) atoms. The number of rotatable bonds is 7. The summed E-state index contributed by atoms with van der Waals surface area (Å²) in [6.45, 7) is 4.37. The molecule has 0 aliphatic carbocycles. The van der Waals surface area contributed by atoms with E-state index in [1.807, 2.05) is 74.5 Å². The molecular formula is C22H21N5O2. The fraction of sp³-hybridized carbons (Fsp3) is 0.136. The highest BCUT2D eigenvalue weighted by atomic mass is 16.5. The Morgan fingerprint density at radius 1 is 0.897 bits per heavy atom. The molecule has 2 aromatic heterocycles. The quantitative estimate of drug-likeness (QED) is 0.443. The van der Waals surface area contributed by atoms with Crippen molar-refractivity contribution in [3.8, 4) is 17.0 Å². The van der Waals surface area contributed by atoms with Gasteiger partial charge < -0.3 is 19.9 Å². The van der Waals surface area contributed by atoms with Crippen LogP contribution in [0.4, 0.5) is 23.3 Å². The lowest BCUT2D eigenvalue weighted by Crippen LogP contribution is -2.04. The second kappa shape index (κ2) is 8.43. The molecule has 0 bridgehead atoms. The van der Waals surface area contributed by atoms with E-state index in [1.165, 1.54) is 0 Å². The SMILES string of the molecule is CCOc1ccccc1Nc1cc(-c2ccccc2)nc(Nc2cc(C)on2)n1. The van der Waals surface area contributed by atoms with Crippen LogP contribution in [0.2, 0.25) is 0 Å². The lowest BCUT2D eigenvalue weighted by molar-refractivity contribution is 0.342. The summed E-state index contributed by atoms with van der Waals surface area (Å²) in [5.41, 5.74) is 2.59. The highest BCUT2D eigenvalue weighted by Gasteiger charge is 2.11. The summed E-state index contributed by atoms with van der Waals surface area (Å²) in [7, 11) is 0. The number of aryl methyl sites for hydroxylation is 1. The van der Waals surface area contributed by atoms with Crippen molar-refractivity contribution in [3.63, 3.8) is 0 Å². The van der Waals surface area contributed by atoms with Crippen LogP contribution in [0.15, 0.2) is 71.3 Å². The lowest BCUT2D eigenvalue weighted by atomic mass is 10.1. The normalized spacial score (nSPS) is 10.6. The Morgan fingerprint density at radius 3 is 2.45 bits per heavy atom. The maximum Gasteiger partial charge on any atom is 0.231 e. The van der Waals surface area contributed by atoms with Crippen LogP contribution in [0, 0.1) is 6.92 Å². The van der Waals surface area contributed by atoms with E-state index in [1.54, 1.807) is 6.07 Å². The van der Waals surface area contributed by atoms with Crippen LogP contribution >= 0.6 is 0 Å². The summed E-state index contributed by atoms with van der Waals surface area (Å²) in [6, 6.07) is 21.4. The average Bonchev–Trinajstić information content (AvgIpc) is 3.15. The van der Waals surface area contributed by atoms with E-state index in [2.05, 4.69) is 25.8 Å². The van der Waals surface area contributed by atoms with Crippen molar-refractivity contribution < 1.29 is 9.26 Å². The number of ether oxygens (including phenoxy) is 1. The van der Waals surface area contributed by atoms with Crippen LogP contribution < -0.4 is 15.4 Å². The number of hydrogen-bond donors (Lipinski definition) is 2. The van der Waals surface area contributed by atoms with Crippen molar-refractivity contribution in [3.05, 3.63) is 72.5 Å². The Bertz CT molecular complexity index is 1100. The summed E-state index contributed by atoms with van der Waals surface area (Å²) in [5.74, 6) is 3.06. The molecule has 0 spiro atoms. The molecule has 0 amide bonds. The summed E-state index contributed by atoms with van der Waals surface area (Å²) < 4.78 is 10.8. The number of para-hydroxylation sites is 2. The third kappa shape index (κ3) is 4.52. The van der Waals surface area contributed by atoms with Gasteiger partial charge in [-0.2, -0.15) is 4.98 Å². The van der Waals surface area contributed by atoms with E-state index in [9.17, 15) is 0 Å². The average molecular weight is 387 g/mol. The summed E-state index contributed by atoms with van der Waals surface area (Å²) in [5, 5.41) is 10.4. The van der Waals surface area contributed by atoms with Gasteiger partial charge in [0.25, 0.3) is 0 Å². The number of benzene rings is 2. The largest absolute Gasteiger partial charge is 0.492 e. The fourth-order valence-corrected chi connectivity index (χ4v) is 2.85. The highest BCUT2D eigenvalue weighted by Crippen LogP contribution is 2.29. The molecule has 7 nitrogen and oxygen atoms in total. The summed E-state index contributed by atoms with van der Waals surface area (Å²) in [6.07, 6.45) is 0. The standard InChI is InChI=1S/C22H21N5O2/c1-3-28-19-12-8-7-11-17(19)23-20-14-18(16-9-5-4-6-10-16)24-22(25-20)26-21-13-15(2)29-27-21/h4-14H,3H2,1-2H3,(H2,23,24,25,26,27). The van der Waals surface area contributed by atoms with Crippen molar-refractivity contribution in [2.75, 3.05) is 17.2 Å².